The zero-order valence-electron chi connectivity index (χ0n) is 17.0. The lowest BCUT2D eigenvalue weighted by Gasteiger charge is -2.12. The highest BCUT2D eigenvalue weighted by molar-refractivity contribution is 8.13. The third kappa shape index (κ3) is 4.65. The van der Waals surface area contributed by atoms with E-state index in [4.69, 9.17) is 4.74 Å². The first kappa shape index (κ1) is 21.4. The molecule has 0 saturated carbocycles. The fourth-order valence-corrected chi connectivity index (χ4v) is 3.80. The van der Waals surface area contributed by atoms with Crippen molar-refractivity contribution in [3.8, 4) is 11.6 Å². The fourth-order valence-electron chi connectivity index (χ4n) is 2.81. The SMILES string of the molecule is CCOc1ccc(N=C(SCc2ccccc2)c2c(O)n(C)c(=O)n(C)c2=O)cc1. The second kappa shape index (κ2) is 9.49. The topological polar surface area (TPSA) is 85.8 Å². The van der Waals surface area contributed by atoms with Gasteiger partial charge in [0.05, 0.1) is 12.3 Å². The van der Waals surface area contributed by atoms with Gasteiger partial charge < -0.3 is 9.84 Å². The van der Waals surface area contributed by atoms with Crippen molar-refractivity contribution in [3.63, 3.8) is 0 Å². The van der Waals surface area contributed by atoms with Crippen LogP contribution in [0.15, 0.2) is 69.2 Å². The van der Waals surface area contributed by atoms with Crippen molar-refractivity contribution >= 4 is 22.5 Å². The maximum Gasteiger partial charge on any atom is 0.333 e. The average Bonchev–Trinajstić information content (AvgIpc) is 2.77. The lowest BCUT2D eigenvalue weighted by Crippen LogP contribution is -2.39. The van der Waals surface area contributed by atoms with Gasteiger partial charge in [0.25, 0.3) is 5.56 Å². The summed E-state index contributed by atoms with van der Waals surface area (Å²) in [6.07, 6.45) is 0. The molecule has 3 aromatic rings. The number of thioether (sulfide) groups is 1. The lowest BCUT2D eigenvalue weighted by molar-refractivity contribution is 0.340. The summed E-state index contributed by atoms with van der Waals surface area (Å²) in [5.74, 6) is 0.853. The summed E-state index contributed by atoms with van der Waals surface area (Å²) in [6, 6.07) is 16.9. The van der Waals surface area contributed by atoms with Crippen molar-refractivity contribution in [2.24, 2.45) is 19.1 Å². The van der Waals surface area contributed by atoms with Crippen LogP contribution in [0.25, 0.3) is 0 Å². The van der Waals surface area contributed by atoms with Gasteiger partial charge in [-0.2, -0.15) is 0 Å². The number of rotatable bonds is 6. The molecule has 1 heterocycles. The minimum absolute atomic E-state index is 0.00517. The van der Waals surface area contributed by atoms with Crippen LogP contribution in [0, 0.1) is 0 Å². The Morgan fingerprint density at radius 1 is 1.03 bits per heavy atom. The Balaban J connectivity index is 2.08. The van der Waals surface area contributed by atoms with Gasteiger partial charge in [0.1, 0.15) is 16.4 Å². The third-order valence-corrected chi connectivity index (χ3v) is 5.49. The van der Waals surface area contributed by atoms with Crippen molar-refractivity contribution < 1.29 is 9.84 Å². The standard InChI is InChI=1S/C22H23N3O4S/c1-4-29-17-12-10-16(11-13-17)23-19(30-14-15-8-6-5-7-9-15)18-20(26)24(2)22(28)25(3)21(18)27/h5-13,26H,4,14H2,1-3H3. The molecule has 0 spiro atoms. The molecule has 7 nitrogen and oxygen atoms in total. The van der Waals surface area contributed by atoms with Crippen LogP contribution in [0.4, 0.5) is 5.69 Å². The maximum atomic E-state index is 12.8. The van der Waals surface area contributed by atoms with Gasteiger partial charge in [-0.1, -0.05) is 30.3 Å². The van der Waals surface area contributed by atoms with Crippen LogP contribution in [0.5, 0.6) is 11.6 Å². The maximum absolute atomic E-state index is 12.8. The number of aromatic hydroxyl groups is 1. The van der Waals surface area contributed by atoms with E-state index < -0.39 is 17.1 Å². The molecule has 0 aliphatic carbocycles. The Morgan fingerprint density at radius 2 is 1.70 bits per heavy atom. The van der Waals surface area contributed by atoms with E-state index in [9.17, 15) is 14.7 Å². The minimum atomic E-state index is -0.602. The molecule has 8 heteroatoms. The van der Waals surface area contributed by atoms with E-state index in [1.807, 2.05) is 37.3 Å². The quantitative estimate of drug-likeness (QED) is 0.484. The largest absolute Gasteiger partial charge is 0.494 e. The van der Waals surface area contributed by atoms with E-state index in [1.54, 1.807) is 24.3 Å². The van der Waals surface area contributed by atoms with Crippen LogP contribution in [0.3, 0.4) is 0 Å². The summed E-state index contributed by atoms with van der Waals surface area (Å²) in [4.78, 5) is 29.6. The van der Waals surface area contributed by atoms with Gasteiger partial charge in [-0.15, -0.1) is 11.8 Å². The highest BCUT2D eigenvalue weighted by Crippen LogP contribution is 2.26. The molecule has 0 aliphatic rings. The lowest BCUT2D eigenvalue weighted by atomic mass is 10.2. The number of nitrogens with zero attached hydrogens (tertiary/aromatic N) is 3. The van der Waals surface area contributed by atoms with Gasteiger partial charge in [0.2, 0.25) is 5.88 Å². The first-order chi connectivity index (χ1) is 14.4. The Labute approximate surface area is 178 Å². The number of hydrogen-bond donors (Lipinski definition) is 1. The van der Waals surface area contributed by atoms with E-state index in [0.29, 0.717) is 23.1 Å². The van der Waals surface area contributed by atoms with Crippen LogP contribution >= 0.6 is 11.8 Å². The molecule has 0 fully saturated rings. The minimum Gasteiger partial charge on any atom is -0.494 e. The summed E-state index contributed by atoms with van der Waals surface area (Å²) >= 11 is 1.32. The van der Waals surface area contributed by atoms with Crippen LogP contribution < -0.4 is 16.0 Å². The summed E-state index contributed by atoms with van der Waals surface area (Å²) in [5.41, 5.74) is 0.442. The molecule has 0 radical (unpaired) electrons. The predicted molar refractivity (Wildman–Crippen MR) is 120 cm³/mol. The summed E-state index contributed by atoms with van der Waals surface area (Å²) < 4.78 is 7.45. The van der Waals surface area contributed by atoms with E-state index in [0.717, 1.165) is 20.4 Å². The molecule has 3 rings (SSSR count). The molecule has 156 valence electrons. The summed E-state index contributed by atoms with van der Waals surface area (Å²) in [5, 5.41) is 10.9. The van der Waals surface area contributed by atoms with Gasteiger partial charge in [0.15, 0.2) is 0 Å². The number of ether oxygens (including phenoxy) is 1. The monoisotopic (exact) mass is 425 g/mol. The molecule has 1 N–H and O–H groups in total. The van der Waals surface area contributed by atoms with E-state index in [2.05, 4.69) is 4.99 Å². The first-order valence-corrected chi connectivity index (χ1v) is 10.4. The molecule has 0 atom stereocenters. The molecule has 0 bridgehead atoms. The van der Waals surface area contributed by atoms with Crippen LogP contribution in [0.2, 0.25) is 0 Å². The van der Waals surface area contributed by atoms with E-state index in [1.165, 1.54) is 25.9 Å². The van der Waals surface area contributed by atoms with E-state index in [-0.39, 0.29) is 5.56 Å². The Morgan fingerprint density at radius 3 is 2.33 bits per heavy atom. The zero-order chi connectivity index (χ0) is 21.7. The van der Waals surface area contributed by atoms with Crippen molar-refractivity contribution in [1.29, 1.82) is 0 Å². The molecular formula is C22H23N3O4S. The smallest absolute Gasteiger partial charge is 0.333 e. The highest BCUT2D eigenvalue weighted by atomic mass is 32.2. The highest BCUT2D eigenvalue weighted by Gasteiger charge is 2.21. The second-order valence-corrected chi connectivity index (χ2v) is 7.49. The van der Waals surface area contributed by atoms with Crippen LogP contribution in [0.1, 0.15) is 18.1 Å². The average molecular weight is 426 g/mol. The summed E-state index contributed by atoms with van der Waals surface area (Å²) in [7, 11) is 2.79. The van der Waals surface area contributed by atoms with Crippen LogP contribution in [-0.2, 0) is 19.8 Å². The Kier molecular flexibility index (Phi) is 6.79. The molecule has 0 amide bonds. The molecule has 1 aromatic heterocycles. The molecule has 0 unspecified atom stereocenters. The molecule has 2 aromatic carbocycles. The van der Waals surface area contributed by atoms with E-state index >= 15 is 0 Å². The van der Waals surface area contributed by atoms with Crippen molar-refractivity contribution in [3.05, 3.63) is 86.6 Å². The van der Waals surface area contributed by atoms with Gasteiger partial charge in [-0.3, -0.25) is 13.9 Å². The predicted octanol–water partition coefficient (Wildman–Crippen LogP) is 3.20. The fraction of sp³-hybridized carbons (Fsp3) is 0.227. The second-order valence-electron chi connectivity index (χ2n) is 6.52. The molecule has 0 aliphatic heterocycles. The number of benzene rings is 2. The van der Waals surface area contributed by atoms with Gasteiger partial charge >= 0.3 is 5.69 Å². The number of hydrogen-bond acceptors (Lipinski definition) is 6. The normalized spacial score (nSPS) is 11.5. The number of aliphatic imine (C=N–C) groups is 1. The summed E-state index contributed by atoms with van der Waals surface area (Å²) in [6.45, 7) is 2.46. The third-order valence-electron chi connectivity index (χ3n) is 4.44. The van der Waals surface area contributed by atoms with Crippen molar-refractivity contribution in [2.45, 2.75) is 12.7 Å². The molecule has 30 heavy (non-hydrogen) atoms. The Bertz CT molecular complexity index is 1170. The van der Waals surface area contributed by atoms with Gasteiger partial charge in [0, 0.05) is 19.8 Å². The number of aromatic nitrogens is 2. The van der Waals surface area contributed by atoms with Crippen LogP contribution in [-0.4, -0.2) is 25.9 Å². The molecule has 0 saturated heterocycles. The zero-order valence-corrected chi connectivity index (χ0v) is 17.8. The Hall–Kier alpha value is -3.26. The molecular weight excluding hydrogens is 402 g/mol. The van der Waals surface area contributed by atoms with Crippen molar-refractivity contribution in [2.75, 3.05) is 6.61 Å². The first-order valence-electron chi connectivity index (χ1n) is 9.40. The van der Waals surface area contributed by atoms with Gasteiger partial charge in [-0.05, 0) is 36.8 Å². The van der Waals surface area contributed by atoms with Crippen molar-refractivity contribution in [1.82, 2.24) is 9.13 Å². The van der Waals surface area contributed by atoms with Gasteiger partial charge in [-0.25, -0.2) is 9.79 Å².